The Morgan fingerprint density at radius 3 is 2.21 bits per heavy atom. The fraction of sp³-hybridized carbons (Fsp3) is 0.562. The molecule has 1 aromatic carbocycles. The third-order valence-electron chi connectivity index (χ3n) is 3.46. The number of carbonyl (C=O) groups is 1. The minimum absolute atomic E-state index is 0.332. The number of esters is 1. The summed E-state index contributed by atoms with van der Waals surface area (Å²) in [6.07, 6.45) is 0.540. The predicted octanol–water partition coefficient (Wildman–Crippen LogP) is 3.10. The van der Waals surface area contributed by atoms with Gasteiger partial charge in [-0.2, -0.15) is 0 Å². The van der Waals surface area contributed by atoms with Crippen LogP contribution in [0.1, 0.15) is 43.9 Å². The van der Waals surface area contributed by atoms with Crippen molar-refractivity contribution in [1.82, 2.24) is 0 Å². The number of aliphatic hydroxyl groups is 1. The van der Waals surface area contributed by atoms with Crippen molar-refractivity contribution in [2.45, 2.75) is 46.6 Å². The van der Waals surface area contributed by atoms with Crippen LogP contribution in [-0.2, 0) is 15.1 Å². The molecule has 0 aromatic heterocycles. The monoisotopic (exact) mass is 264 g/mol. The van der Waals surface area contributed by atoms with E-state index in [1.54, 1.807) is 13.8 Å². The summed E-state index contributed by atoms with van der Waals surface area (Å²) in [5.41, 5.74) is 1.71. The lowest BCUT2D eigenvalue weighted by molar-refractivity contribution is -0.158. The Bertz CT molecular complexity index is 429. The molecule has 1 aromatic rings. The van der Waals surface area contributed by atoms with Gasteiger partial charge in [0.1, 0.15) is 5.60 Å². The average Bonchev–Trinajstić information content (AvgIpc) is 2.28. The van der Waals surface area contributed by atoms with Crippen LogP contribution in [0.25, 0.3) is 0 Å². The quantitative estimate of drug-likeness (QED) is 0.831. The summed E-state index contributed by atoms with van der Waals surface area (Å²) in [6, 6.07) is 5.90. The molecule has 0 radical (unpaired) electrons. The van der Waals surface area contributed by atoms with Crippen molar-refractivity contribution < 1.29 is 14.6 Å². The molecule has 0 amide bonds. The molecule has 3 heteroatoms. The van der Waals surface area contributed by atoms with Gasteiger partial charge in [-0.15, -0.1) is 0 Å². The van der Waals surface area contributed by atoms with Gasteiger partial charge in [0.2, 0.25) is 0 Å². The first-order valence-corrected chi connectivity index (χ1v) is 6.80. The summed E-state index contributed by atoms with van der Waals surface area (Å²) in [6.45, 7) is 9.65. The lowest BCUT2D eigenvalue weighted by Gasteiger charge is -2.31. The lowest BCUT2D eigenvalue weighted by atomic mass is 9.80. The molecule has 0 aliphatic heterocycles. The van der Waals surface area contributed by atoms with Crippen molar-refractivity contribution in [2.75, 3.05) is 6.61 Å². The van der Waals surface area contributed by atoms with Gasteiger partial charge in [0.05, 0.1) is 12.5 Å². The molecule has 3 nitrogen and oxygen atoms in total. The zero-order valence-corrected chi connectivity index (χ0v) is 12.5. The number of hydrogen-bond acceptors (Lipinski definition) is 3. The maximum absolute atomic E-state index is 12.0. The van der Waals surface area contributed by atoms with Crippen molar-refractivity contribution in [3.8, 4) is 0 Å². The molecular formula is C16H24O3. The zero-order chi connectivity index (χ0) is 14.6. The molecule has 0 fully saturated rings. The Morgan fingerprint density at radius 1 is 1.26 bits per heavy atom. The minimum Gasteiger partial charge on any atom is -0.466 e. The van der Waals surface area contributed by atoms with Crippen LogP contribution in [0.2, 0.25) is 0 Å². The molecule has 0 saturated carbocycles. The van der Waals surface area contributed by atoms with E-state index in [1.165, 1.54) is 0 Å². The lowest BCUT2D eigenvalue weighted by Crippen LogP contribution is -2.38. The highest BCUT2D eigenvalue weighted by atomic mass is 16.5. The Labute approximate surface area is 115 Å². The molecule has 1 N–H and O–H groups in total. The van der Waals surface area contributed by atoms with Crippen LogP contribution < -0.4 is 0 Å². The van der Waals surface area contributed by atoms with Gasteiger partial charge >= 0.3 is 5.97 Å². The van der Waals surface area contributed by atoms with Gasteiger partial charge in [-0.3, -0.25) is 4.79 Å². The van der Waals surface area contributed by atoms with E-state index in [-0.39, 0.29) is 5.97 Å². The summed E-state index contributed by atoms with van der Waals surface area (Å²) in [5.74, 6) is -0.886. The van der Waals surface area contributed by atoms with Crippen LogP contribution in [0, 0.1) is 19.8 Å². The third-order valence-corrected chi connectivity index (χ3v) is 3.46. The van der Waals surface area contributed by atoms with E-state index in [0.29, 0.717) is 13.0 Å². The van der Waals surface area contributed by atoms with E-state index < -0.39 is 11.5 Å². The van der Waals surface area contributed by atoms with Gasteiger partial charge in [-0.05, 0) is 39.7 Å². The molecule has 0 bridgehead atoms. The van der Waals surface area contributed by atoms with E-state index >= 15 is 0 Å². The minimum atomic E-state index is -1.21. The fourth-order valence-corrected chi connectivity index (χ4v) is 2.50. The zero-order valence-electron chi connectivity index (χ0n) is 12.5. The Kier molecular flexibility index (Phi) is 5.12. The highest BCUT2D eigenvalue weighted by Gasteiger charge is 2.38. The number of hydrogen-bond donors (Lipinski definition) is 1. The Balaban J connectivity index is 3.15. The van der Waals surface area contributed by atoms with Gasteiger partial charge in [0.25, 0.3) is 0 Å². The van der Waals surface area contributed by atoms with Crippen LogP contribution >= 0.6 is 0 Å². The Morgan fingerprint density at radius 2 is 1.79 bits per heavy atom. The molecule has 106 valence electrons. The number of rotatable bonds is 5. The first-order valence-electron chi connectivity index (χ1n) is 6.80. The summed E-state index contributed by atoms with van der Waals surface area (Å²) in [5, 5.41) is 10.8. The van der Waals surface area contributed by atoms with Crippen LogP contribution in [0.4, 0.5) is 0 Å². The maximum atomic E-state index is 12.0. The molecule has 2 atom stereocenters. The normalized spacial score (nSPS) is 15.7. The van der Waals surface area contributed by atoms with Crippen LogP contribution in [-0.4, -0.2) is 17.7 Å². The molecule has 19 heavy (non-hydrogen) atoms. The first-order chi connectivity index (χ1) is 8.82. The fourth-order valence-electron chi connectivity index (χ4n) is 2.50. The standard InChI is InChI=1S/C16H24O3/c1-6-14(15(17)19-7-2)16(5,18)13-9-11(3)8-12(4)10-13/h8-10,14,18H,6-7H2,1-5H3. The van der Waals surface area contributed by atoms with Crippen LogP contribution in [0.15, 0.2) is 18.2 Å². The molecule has 0 aliphatic carbocycles. The SMILES string of the molecule is CCOC(=O)C(CC)C(C)(O)c1cc(C)cc(C)c1. The number of ether oxygens (including phenoxy) is 1. The highest BCUT2D eigenvalue weighted by Crippen LogP contribution is 2.33. The van der Waals surface area contributed by atoms with E-state index in [1.807, 2.05) is 39.0 Å². The topological polar surface area (TPSA) is 46.5 Å². The molecule has 2 unspecified atom stereocenters. The average molecular weight is 264 g/mol. The maximum Gasteiger partial charge on any atom is 0.312 e. The van der Waals surface area contributed by atoms with Gasteiger partial charge < -0.3 is 9.84 Å². The predicted molar refractivity (Wildman–Crippen MR) is 75.9 cm³/mol. The molecule has 0 saturated heterocycles. The van der Waals surface area contributed by atoms with Crippen molar-refractivity contribution in [3.05, 3.63) is 34.9 Å². The number of benzene rings is 1. The van der Waals surface area contributed by atoms with Gasteiger partial charge in [0, 0.05) is 0 Å². The molecule has 0 aliphatic rings. The third kappa shape index (κ3) is 3.57. The van der Waals surface area contributed by atoms with Gasteiger partial charge in [-0.1, -0.05) is 36.2 Å². The van der Waals surface area contributed by atoms with Crippen LogP contribution in [0.5, 0.6) is 0 Å². The largest absolute Gasteiger partial charge is 0.466 e. The summed E-state index contributed by atoms with van der Waals surface area (Å²) in [4.78, 5) is 12.0. The second-order valence-electron chi connectivity index (χ2n) is 5.24. The highest BCUT2D eigenvalue weighted by molar-refractivity contribution is 5.74. The van der Waals surface area contributed by atoms with E-state index in [0.717, 1.165) is 16.7 Å². The molecule has 0 heterocycles. The smallest absolute Gasteiger partial charge is 0.312 e. The van der Waals surface area contributed by atoms with Crippen molar-refractivity contribution in [2.24, 2.45) is 5.92 Å². The number of carbonyl (C=O) groups excluding carboxylic acids is 1. The molecule has 0 spiro atoms. The second kappa shape index (κ2) is 6.20. The summed E-state index contributed by atoms with van der Waals surface area (Å²) in [7, 11) is 0. The van der Waals surface area contributed by atoms with Crippen molar-refractivity contribution in [1.29, 1.82) is 0 Å². The van der Waals surface area contributed by atoms with Gasteiger partial charge in [0.15, 0.2) is 0 Å². The summed E-state index contributed by atoms with van der Waals surface area (Å²) >= 11 is 0. The first kappa shape index (κ1) is 15.7. The van der Waals surface area contributed by atoms with E-state index in [4.69, 9.17) is 4.74 Å². The summed E-state index contributed by atoms with van der Waals surface area (Å²) < 4.78 is 5.06. The van der Waals surface area contributed by atoms with Gasteiger partial charge in [-0.25, -0.2) is 0 Å². The van der Waals surface area contributed by atoms with Crippen LogP contribution in [0.3, 0.4) is 0 Å². The second-order valence-corrected chi connectivity index (χ2v) is 5.24. The van der Waals surface area contributed by atoms with Crippen molar-refractivity contribution in [3.63, 3.8) is 0 Å². The van der Waals surface area contributed by atoms with Crippen molar-refractivity contribution >= 4 is 5.97 Å². The molecule has 1 rings (SSSR count). The van der Waals surface area contributed by atoms with E-state index in [9.17, 15) is 9.90 Å². The van der Waals surface area contributed by atoms with E-state index in [2.05, 4.69) is 0 Å². The molecular weight excluding hydrogens is 240 g/mol. The number of aryl methyl sites for hydroxylation is 2. The Hall–Kier alpha value is -1.35.